The van der Waals surface area contributed by atoms with Gasteiger partial charge in [-0.3, -0.25) is 10.6 Å². The Morgan fingerprint density at radius 2 is 0.854 bits per heavy atom. The molecule has 2 unspecified atom stereocenters. The van der Waals surface area contributed by atoms with Gasteiger partial charge in [-0.05, 0) is 37.1 Å². The summed E-state index contributed by atoms with van der Waals surface area (Å²) in [5.41, 5.74) is 3.16. The molecule has 0 aliphatic heterocycles. The molecule has 10 nitrogen and oxygen atoms in total. The zero-order chi connectivity index (χ0) is 33.9. The number of ether oxygens (including phenoxy) is 6. The van der Waals surface area contributed by atoms with Gasteiger partial charge in [0.25, 0.3) is 0 Å². The topological polar surface area (TPSA) is 114 Å². The molecule has 0 saturated carbocycles. The minimum atomic E-state index is -0.690. The van der Waals surface area contributed by atoms with Crippen molar-refractivity contribution in [1.29, 1.82) is 0 Å². The van der Waals surface area contributed by atoms with E-state index in [0.717, 1.165) is 32.7 Å². The molecule has 5 aromatic carbocycles. The molecule has 250 valence electrons. The van der Waals surface area contributed by atoms with Gasteiger partial charge in [-0.25, -0.2) is 9.59 Å². The molecule has 2 amide bonds. The van der Waals surface area contributed by atoms with E-state index in [-0.39, 0.29) is 26.4 Å². The predicted molar refractivity (Wildman–Crippen MR) is 186 cm³/mol. The van der Waals surface area contributed by atoms with Crippen molar-refractivity contribution in [3.05, 3.63) is 108 Å². The van der Waals surface area contributed by atoms with Gasteiger partial charge in [-0.2, -0.15) is 0 Å². The first-order valence-electron chi connectivity index (χ1n) is 15.6. The Morgan fingerprint density at radius 3 is 1.19 bits per heavy atom. The standard InChI is InChI=1S/C38H40N2O8/c1-25-13-5-11-19-33(25)39-37(41)47-27(21-43-3)23-45-35-29-15-7-9-17-31(29)36(32-18-10-8-16-30(32)35)46-24-28(22-44-4)48-38(42)40-34-20-12-6-14-26(34)2/h5-20,27-28H,21-24H2,1-4H3,(H,39,41)(H,40,42). The molecular formula is C38H40N2O8. The Morgan fingerprint density at radius 1 is 0.521 bits per heavy atom. The van der Waals surface area contributed by atoms with Crippen LogP contribution in [-0.2, 0) is 18.9 Å². The number of rotatable bonds is 14. The number of aryl methyl sites for hydroxylation is 2. The highest BCUT2D eigenvalue weighted by Crippen LogP contribution is 2.43. The number of fused-ring (bicyclic) bond motifs is 2. The van der Waals surface area contributed by atoms with Gasteiger partial charge in [0.1, 0.15) is 24.7 Å². The van der Waals surface area contributed by atoms with Gasteiger partial charge in [0, 0.05) is 47.1 Å². The molecule has 0 spiro atoms. The average Bonchev–Trinajstić information content (AvgIpc) is 3.08. The maximum Gasteiger partial charge on any atom is 0.412 e. The molecular weight excluding hydrogens is 612 g/mol. The van der Waals surface area contributed by atoms with Gasteiger partial charge in [-0.1, -0.05) is 84.9 Å². The second-order valence-electron chi connectivity index (χ2n) is 11.2. The maximum absolute atomic E-state index is 12.8. The number of amides is 2. The van der Waals surface area contributed by atoms with Crippen LogP contribution in [-0.4, -0.2) is 65.0 Å². The largest absolute Gasteiger partial charge is 0.488 e. The van der Waals surface area contributed by atoms with Crippen LogP contribution < -0.4 is 20.1 Å². The summed E-state index contributed by atoms with van der Waals surface area (Å²) in [7, 11) is 3.08. The number of nitrogens with one attached hydrogen (secondary N) is 2. The van der Waals surface area contributed by atoms with Gasteiger partial charge in [0.15, 0.2) is 12.2 Å². The zero-order valence-electron chi connectivity index (χ0n) is 27.5. The third-order valence-corrected chi connectivity index (χ3v) is 7.68. The Kier molecular flexibility index (Phi) is 11.7. The van der Waals surface area contributed by atoms with Gasteiger partial charge in [0.05, 0.1) is 13.2 Å². The predicted octanol–water partition coefficient (Wildman–Crippen LogP) is 7.89. The molecule has 0 fully saturated rings. The quantitative estimate of drug-likeness (QED) is 0.116. The van der Waals surface area contributed by atoms with E-state index in [0.29, 0.717) is 22.9 Å². The van der Waals surface area contributed by atoms with Crippen molar-refractivity contribution in [3.8, 4) is 11.5 Å². The van der Waals surface area contributed by atoms with Gasteiger partial charge >= 0.3 is 12.2 Å². The number of anilines is 2. The highest BCUT2D eigenvalue weighted by Gasteiger charge is 2.22. The summed E-state index contributed by atoms with van der Waals surface area (Å²) < 4.78 is 34.9. The smallest absolute Gasteiger partial charge is 0.412 e. The lowest BCUT2D eigenvalue weighted by atomic mass is 10.0. The number of hydrogen-bond donors (Lipinski definition) is 2. The summed E-state index contributed by atoms with van der Waals surface area (Å²) in [6.07, 6.45) is -2.59. The van der Waals surface area contributed by atoms with Crippen LogP contribution >= 0.6 is 0 Å². The molecule has 0 saturated heterocycles. The second-order valence-corrected chi connectivity index (χ2v) is 11.2. The van der Waals surface area contributed by atoms with Gasteiger partial charge < -0.3 is 28.4 Å². The summed E-state index contributed by atoms with van der Waals surface area (Å²) >= 11 is 0. The molecule has 0 radical (unpaired) electrons. The van der Waals surface area contributed by atoms with Crippen molar-refractivity contribution >= 4 is 45.1 Å². The Hall–Kier alpha value is -5.32. The molecule has 5 aromatic rings. The number of methoxy groups -OCH3 is 2. The van der Waals surface area contributed by atoms with E-state index in [1.165, 1.54) is 0 Å². The van der Waals surface area contributed by atoms with E-state index < -0.39 is 24.4 Å². The summed E-state index contributed by atoms with van der Waals surface area (Å²) in [6, 6.07) is 30.4. The fourth-order valence-electron chi connectivity index (χ4n) is 5.32. The van der Waals surface area contributed by atoms with Gasteiger partial charge in [-0.15, -0.1) is 0 Å². The summed E-state index contributed by atoms with van der Waals surface area (Å²) in [6.45, 7) is 4.17. The molecule has 2 N–H and O–H groups in total. The van der Waals surface area contributed by atoms with Crippen LogP contribution in [0.4, 0.5) is 21.0 Å². The Balaban J connectivity index is 1.35. The summed E-state index contributed by atoms with van der Waals surface area (Å²) in [4.78, 5) is 25.5. The number of para-hydroxylation sites is 2. The minimum Gasteiger partial charge on any atom is -0.488 e. The van der Waals surface area contributed by atoms with E-state index >= 15 is 0 Å². The maximum atomic E-state index is 12.8. The van der Waals surface area contributed by atoms with Crippen molar-refractivity contribution in [1.82, 2.24) is 0 Å². The van der Waals surface area contributed by atoms with Crippen molar-refractivity contribution < 1.29 is 38.0 Å². The SMILES string of the molecule is COCC(COc1c2ccccc2c(OCC(COC)OC(=O)Nc2ccccc2C)c2ccccc12)OC(=O)Nc1ccccc1C. The van der Waals surface area contributed by atoms with Crippen LogP contribution in [0.5, 0.6) is 11.5 Å². The molecule has 5 rings (SSSR count). The number of hydrogen-bond acceptors (Lipinski definition) is 8. The lowest BCUT2D eigenvalue weighted by Crippen LogP contribution is -2.32. The van der Waals surface area contributed by atoms with Crippen molar-refractivity contribution in [2.24, 2.45) is 0 Å². The Bertz CT molecular complexity index is 1670. The van der Waals surface area contributed by atoms with Crippen LogP contribution in [0.15, 0.2) is 97.1 Å². The Labute approximate surface area is 279 Å². The van der Waals surface area contributed by atoms with Crippen molar-refractivity contribution in [2.75, 3.05) is 51.3 Å². The number of carbonyl (C=O) groups is 2. The molecule has 0 bridgehead atoms. The van der Waals surface area contributed by atoms with E-state index in [9.17, 15) is 9.59 Å². The fraction of sp³-hybridized carbons (Fsp3) is 0.263. The lowest BCUT2D eigenvalue weighted by molar-refractivity contribution is 0.0197. The molecule has 10 heteroatoms. The second kappa shape index (κ2) is 16.5. The number of benzene rings is 5. The third-order valence-electron chi connectivity index (χ3n) is 7.68. The molecule has 0 aliphatic carbocycles. The molecule has 2 atom stereocenters. The van der Waals surface area contributed by atoms with Crippen molar-refractivity contribution in [3.63, 3.8) is 0 Å². The first-order chi connectivity index (χ1) is 23.4. The van der Waals surface area contributed by atoms with Crippen molar-refractivity contribution in [2.45, 2.75) is 26.1 Å². The summed E-state index contributed by atoms with van der Waals surface area (Å²) in [5, 5.41) is 8.78. The van der Waals surface area contributed by atoms with E-state index in [1.54, 1.807) is 14.2 Å². The van der Waals surface area contributed by atoms with E-state index in [4.69, 9.17) is 28.4 Å². The molecule has 48 heavy (non-hydrogen) atoms. The molecule has 0 heterocycles. The van der Waals surface area contributed by atoms with E-state index in [1.807, 2.05) is 111 Å². The van der Waals surface area contributed by atoms with E-state index in [2.05, 4.69) is 10.6 Å². The molecule has 0 aliphatic rings. The fourth-order valence-corrected chi connectivity index (χ4v) is 5.32. The lowest BCUT2D eigenvalue weighted by Gasteiger charge is -2.22. The van der Waals surface area contributed by atoms with Crippen LogP contribution in [0.2, 0.25) is 0 Å². The van der Waals surface area contributed by atoms with Crippen LogP contribution in [0.1, 0.15) is 11.1 Å². The van der Waals surface area contributed by atoms with Crippen LogP contribution in [0, 0.1) is 13.8 Å². The highest BCUT2D eigenvalue weighted by atomic mass is 16.6. The third kappa shape index (κ3) is 8.52. The first-order valence-corrected chi connectivity index (χ1v) is 15.6. The highest BCUT2D eigenvalue weighted by molar-refractivity contribution is 6.11. The van der Waals surface area contributed by atoms with Crippen LogP contribution in [0.25, 0.3) is 21.5 Å². The average molecular weight is 653 g/mol. The minimum absolute atomic E-state index is 0.0446. The van der Waals surface area contributed by atoms with Crippen LogP contribution in [0.3, 0.4) is 0 Å². The zero-order valence-corrected chi connectivity index (χ0v) is 27.5. The first kappa shape index (κ1) is 34.0. The summed E-state index contributed by atoms with van der Waals surface area (Å²) in [5.74, 6) is 1.22. The van der Waals surface area contributed by atoms with Gasteiger partial charge in [0.2, 0.25) is 0 Å². The normalized spacial score (nSPS) is 12.2. The monoisotopic (exact) mass is 652 g/mol. The molecule has 0 aromatic heterocycles. The number of carbonyl (C=O) groups excluding carboxylic acids is 2.